The van der Waals surface area contributed by atoms with Gasteiger partial charge in [-0.1, -0.05) is 5.11 Å². The summed E-state index contributed by atoms with van der Waals surface area (Å²) in [7, 11) is 0. The number of nitrogens with zero attached hydrogens (tertiary/aromatic N) is 7. The number of tetrazole rings is 1. The predicted octanol–water partition coefficient (Wildman–Crippen LogP) is 1.28. The maximum Gasteiger partial charge on any atom is 0.174 e. The first-order valence-electron chi connectivity index (χ1n) is 4.34. The lowest BCUT2D eigenvalue weighted by Crippen LogP contribution is -2.24. The molecule has 76 valence electrons. The van der Waals surface area contributed by atoms with E-state index in [-0.39, 0.29) is 5.54 Å². The third kappa shape index (κ3) is 2.70. The van der Waals surface area contributed by atoms with Crippen molar-refractivity contribution < 1.29 is 0 Å². The van der Waals surface area contributed by atoms with Gasteiger partial charge in [0.1, 0.15) is 0 Å². The van der Waals surface area contributed by atoms with E-state index in [4.69, 9.17) is 5.53 Å². The SMILES string of the molecule is CC(C)(C)n1nnc(CCN=[N+]=[N-])n1. The molecule has 1 heterocycles. The monoisotopic (exact) mass is 195 g/mol. The quantitative estimate of drug-likeness (QED) is 0.413. The average Bonchev–Trinajstić information content (AvgIpc) is 2.52. The van der Waals surface area contributed by atoms with Gasteiger partial charge < -0.3 is 0 Å². The molecule has 1 aromatic rings. The first-order valence-corrected chi connectivity index (χ1v) is 4.34. The molecular weight excluding hydrogens is 182 g/mol. The molecule has 0 aliphatic heterocycles. The summed E-state index contributed by atoms with van der Waals surface area (Å²) < 4.78 is 0. The fourth-order valence-electron chi connectivity index (χ4n) is 0.822. The first kappa shape index (κ1) is 10.5. The molecule has 0 aliphatic rings. The standard InChI is InChI=1S/C7H13N7/c1-7(2,3)14-11-6(10-13-14)4-5-9-12-8/h4-5H2,1-3H3. The molecule has 0 saturated carbocycles. The van der Waals surface area contributed by atoms with Crippen molar-refractivity contribution >= 4 is 0 Å². The molecule has 0 unspecified atom stereocenters. The summed E-state index contributed by atoms with van der Waals surface area (Å²) in [5.41, 5.74) is 7.91. The minimum absolute atomic E-state index is 0.163. The second-order valence-electron chi connectivity index (χ2n) is 3.87. The van der Waals surface area contributed by atoms with E-state index in [1.54, 1.807) is 4.80 Å². The summed E-state index contributed by atoms with van der Waals surface area (Å²) in [5.74, 6) is 0.604. The Morgan fingerprint density at radius 1 is 1.50 bits per heavy atom. The minimum atomic E-state index is -0.163. The molecule has 0 N–H and O–H groups in total. The molecule has 1 rings (SSSR count). The molecule has 0 aliphatic carbocycles. The zero-order valence-corrected chi connectivity index (χ0v) is 8.54. The van der Waals surface area contributed by atoms with E-state index >= 15 is 0 Å². The van der Waals surface area contributed by atoms with Crippen LogP contribution in [0.15, 0.2) is 5.11 Å². The largest absolute Gasteiger partial charge is 0.174 e. The van der Waals surface area contributed by atoms with Gasteiger partial charge in [-0.3, -0.25) is 0 Å². The molecule has 0 amide bonds. The van der Waals surface area contributed by atoms with E-state index in [0.29, 0.717) is 18.8 Å². The molecule has 7 heteroatoms. The Morgan fingerprint density at radius 3 is 2.71 bits per heavy atom. The van der Waals surface area contributed by atoms with E-state index in [9.17, 15) is 0 Å². The Kier molecular flexibility index (Phi) is 3.03. The molecule has 14 heavy (non-hydrogen) atoms. The zero-order valence-electron chi connectivity index (χ0n) is 8.54. The summed E-state index contributed by atoms with van der Waals surface area (Å²) in [5, 5.41) is 15.3. The molecule has 0 saturated heterocycles. The van der Waals surface area contributed by atoms with Crippen LogP contribution in [0, 0.1) is 0 Å². The Labute approximate surface area is 81.7 Å². The topological polar surface area (TPSA) is 92.4 Å². The lowest BCUT2D eigenvalue weighted by atomic mass is 10.1. The number of hydrogen-bond donors (Lipinski definition) is 0. The van der Waals surface area contributed by atoms with Crippen molar-refractivity contribution in [3.05, 3.63) is 16.3 Å². The van der Waals surface area contributed by atoms with Crippen molar-refractivity contribution in [2.24, 2.45) is 5.11 Å². The molecule has 1 aromatic heterocycles. The highest BCUT2D eigenvalue weighted by molar-refractivity contribution is 4.80. The highest BCUT2D eigenvalue weighted by Gasteiger charge is 2.16. The minimum Gasteiger partial charge on any atom is -0.159 e. The van der Waals surface area contributed by atoms with Crippen molar-refractivity contribution in [2.45, 2.75) is 32.7 Å². The van der Waals surface area contributed by atoms with E-state index in [1.807, 2.05) is 20.8 Å². The molecule has 0 fully saturated rings. The van der Waals surface area contributed by atoms with Crippen LogP contribution in [-0.2, 0) is 12.0 Å². The molecular formula is C7H13N7. The van der Waals surface area contributed by atoms with Crippen LogP contribution in [0.1, 0.15) is 26.6 Å². The molecule has 0 atom stereocenters. The van der Waals surface area contributed by atoms with Crippen LogP contribution in [0.5, 0.6) is 0 Å². The molecule has 0 spiro atoms. The van der Waals surface area contributed by atoms with Gasteiger partial charge in [0.15, 0.2) is 5.82 Å². The Morgan fingerprint density at radius 2 is 2.21 bits per heavy atom. The van der Waals surface area contributed by atoms with Crippen LogP contribution in [0.3, 0.4) is 0 Å². The Hall–Kier alpha value is -1.62. The fourth-order valence-corrected chi connectivity index (χ4v) is 0.822. The van der Waals surface area contributed by atoms with E-state index in [2.05, 4.69) is 25.4 Å². The van der Waals surface area contributed by atoms with E-state index < -0.39 is 0 Å². The van der Waals surface area contributed by atoms with Gasteiger partial charge in [-0.05, 0) is 31.5 Å². The summed E-state index contributed by atoms with van der Waals surface area (Å²) in [6.07, 6.45) is 0.528. The summed E-state index contributed by atoms with van der Waals surface area (Å²) in [4.78, 5) is 4.20. The third-order valence-electron chi connectivity index (χ3n) is 1.55. The van der Waals surface area contributed by atoms with Crippen molar-refractivity contribution in [1.82, 2.24) is 20.2 Å². The summed E-state index contributed by atoms with van der Waals surface area (Å²) >= 11 is 0. The average molecular weight is 195 g/mol. The van der Waals surface area contributed by atoms with Crippen LogP contribution in [0.25, 0.3) is 10.4 Å². The highest BCUT2D eigenvalue weighted by atomic mass is 15.6. The first-order chi connectivity index (χ1) is 6.54. The molecule has 0 bridgehead atoms. The summed E-state index contributed by atoms with van der Waals surface area (Å²) in [6, 6.07) is 0. The van der Waals surface area contributed by atoms with Crippen LogP contribution in [0.4, 0.5) is 0 Å². The van der Waals surface area contributed by atoms with Gasteiger partial charge in [-0.2, -0.15) is 4.80 Å². The van der Waals surface area contributed by atoms with Gasteiger partial charge in [0, 0.05) is 17.9 Å². The number of hydrogen-bond acceptors (Lipinski definition) is 4. The molecule has 7 nitrogen and oxygen atoms in total. The smallest absolute Gasteiger partial charge is 0.159 e. The zero-order chi connectivity index (χ0) is 10.6. The van der Waals surface area contributed by atoms with Crippen LogP contribution in [0.2, 0.25) is 0 Å². The third-order valence-corrected chi connectivity index (χ3v) is 1.55. The van der Waals surface area contributed by atoms with Gasteiger partial charge in [0.2, 0.25) is 0 Å². The Balaban J connectivity index is 2.64. The van der Waals surface area contributed by atoms with Crippen LogP contribution < -0.4 is 0 Å². The lowest BCUT2D eigenvalue weighted by Gasteiger charge is -2.15. The van der Waals surface area contributed by atoms with Crippen LogP contribution >= 0.6 is 0 Å². The van der Waals surface area contributed by atoms with Gasteiger partial charge in [0.05, 0.1) is 5.54 Å². The predicted molar refractivity (Wildman–Crippen MR) is 50.5 cm³/mol. The number of aromatic nitrogens is 4. The van der Waals surface area contributed by atoms with Gasteiger partial charge >= 0.3 is 0 Å². The molecule has 0 aromatic carbocycles. The number of azide groups is 1. The van der Waals surface area contributed by atoms with Crippen molar-refractivity contribution in [1.29, 1.82) is 0 Å². The van der Waals surface area contributed by atoms with Crippen molar-refractivity contribution in [2.75, 3.05) is 6.54 Å². The second kappa shape index (κ2) is 4.06. The summed E-state index contributed by atoms with van der Waals surface area (Å²) in [6.45, 7) is 6.34. The highest BCUT2D eigenvalue weighted by Crippen LogP contribution is 2.08. The van der Waals surface area contributed by atoms with Gasteiger partial charge in [-0.25, -0.2) is 0 Å². The lowest BCUT2D eigenvalue weighted by molar-refractivity contribution is 0.305. The van der Waals surface area contributed by atoms with E-state index in [1.165, 1.54) is 0 Å². The van der Waals surface area contributed by atoms with Crippen molar-refractivity contribution in [3.8, 4) is 0 Å². The van der Waals surface area contributed by atoms with Gasteiger partial charge in [0.25, 0.3) is 0 Å². The Bertz CT molecular complexity index is 341. The molecule has 0 radical (unpaired) electrons. The van der Waals surface area contributed by atoms with E-state index in [0.717, 1.165) is 0 Å². The number of rotatable bonds is 3. The maximum atomic E-state index is 8.08. The normalized spacial score (nSPS) is 11.1. The van der Waals surface area contributed by atoms with Crippen molar-refractivity contribution in [3.63, 3.8) is 0 Å². The fraction of sp³-hybridized carbons (Fsp3) is 0.857. The maximum absolute atomic E-state index is 8.08. The van der Waals surface area contributed by atoms with Gasteiger partial charge in [-0.15, -0.1) is 10.2 Å². The second-order valence-corrected chi connectivity index (χ2v) is 3.87. The van der Waals surface area contributed by atoms with Crippen LogP contribution in [-0.4, -0.2) is 26.8 Å².